The fourth-order valence-corrected chi connectivity index (χ4v) is 2.35. The first kappa shape index (κ1) is 16.7. The molecule has 120 valence electrons. The lowest BCUT2D eigenvalue weighted by molar-refractivity contribution is -0.385. The fourth-order valence-electron chi connectivity index (χ4n) is 2.35. The second-order valence-electron chi connectivity index (χ2n) is 5.54. The van der Waals surface area contributed by atoms with Crippen LogP contribution in [0.3, 0.4) is 0 Å². The number of amides is 1. The number of carbonyl (C=O) groups excluding carboxylic acids is 1. The molecule has 0 fully saturated rings. The van der Waals surface area contributed by atoms with Gasteiger partial charge in [0.25, 0.3) is 5.69 Å². The number of nitro groups is 1. The highest BCUT2D eigenvalue weighted by Crippen LogP contribution is 2.21. The molecular formula is C18H20N2O3. The van der Waals surface area contributed by atoms with E-state index in [1.165, 1.54) is 11.6 Å². The normalized spacial score (nSPS) is 11.7. The highest BCUT2D eigenvalue weighted by Gasteiger charge is 2.15. The number of nitrogens with one attached hydrogen (secondary N) is 1. The number of anilines is 1. The quantitative estimate of drug-likeness (QED) is 0.639. The zero-order valence-corrected chi connectivity index (χ0v) is 13.3. The van der Waals surface area contributed by atoms with E-state index in [9.17, 15) is 14.9 Å². The maximum Gasteiger partial charge on any atom is 0.273 e. The first-order valence-electron chi connectivity index (χ1n) is 7.63. The van der Waals surface area contributed by atoms with Gasteiger partial charge in [-0.05, 0) is 30.0 Å². The zero-order chi connectivity index (χ0) is 16.8. The van der Waals surface area contributed by atoms with Gasteiger partial charge in [0, 0.05) is 17.3 Å². The molecule has 5 heteroatoms. The van der Waals surface area contributed by atoms with Crippen molar-refractivity contribution in [3.63, 3.8) is 0 Å². The molecule has 0 aliphatic rings. The molecule has 1 amide bonds. The number of hydrogen-bond acceptors (Lipinski definition) is 3. The van der Waals surface area contributed by atoms with Gasteiger partial charge in [-0.15, -0.1) is 0 Å². The van der Waals surface area contributed by atoms with Gasteiger partial charge in [-0.1, -0.05) is 44.2 Å². The van der Waals surface area contributed by atoms with Crippen LogP contribution in [0, 0.1) is 10.1 Å². The number of hydrogen-bond donors (Lipinski definition) is 1. The van der Waals surface area contributed by atoms with Crippen molar-refractivity contribution in [3.8, 4) is 0 Å². The molecule has 0 saturated heterocycles. The van der Waals surface area contributed by atoms with Crippen LogP contribution >= 0.6 is 0 Å². The third-order valence-electron chi connectivity index (χ3n) is 3.92. The second kappa shape index (κ2) is 7.54. The topological polar surface area (TPSA) is 72.2 Å². The summed E-state index contributed by atoms with van der Waals surface area (Å²) in [5, 5.41) is 13.7. The Morgan fingerprint density at radius 1 is 1.17 bits per heavy atom. The van der Waals surface area contributed by atoms with E-state index in [1.54, 1.807) is 18.2 Å². The lowest BCUT2D eigenvalue weighted by atomic mass is 9.98. The molecule has 1 N–H and O–H groups in total. The molecular weight excluding hydrogens is 292 g/mol. The SMILES string of the molecule is CC[C@@H](C)c1ccc(NC(=O)Cc2ccccc2[N+](=O)[O-])cc1. The van der Waals surface area contributed by atoms with Crippen molar-refractivity contribution in [3.05, 3.63) is 69.8 Å². The van der Waals surface area contributed by atoms with Crippen molar-refractivity contribution in [1.29, 1.82) is 0 Å². The minimum absolute atomic E-state index is 0.0235. The summed E-state index contributed by atoms with van der Waals surface area (Å²) in [5.74, 6) is 0.210. The largest absolute Gasteiger partial charge is 0.326 e. The van der Waals surface area contributed by atoms with Crippen molar-refractivity contribution >= 4 is 17.3 Å². The van der Waals surface area contributed by atoms with Crippen molar-refractivity contribution < 1.29 is 9.72 Å². The van der Waals surface area contributed by atoms with E-state index in [-0.39, 0.29) is 18.0 Å². The number of nitro benzene ring substituents is 1. The van der Waals surface area contributed by atoms with Gasteiger partial charge in [0.2, 0.25) is 5.91 Å². The number of carbonyl (C=O) groups is 1. The number of benzene rings is 2. The van der Waals surface area contributed by atoms with Gasteiger partial charge in [-0.3, -0.25) is 14.9 Å². The van der Waals surface area contributed by atoms with E-state index >= 15 is 0 Å². The van der Waals surface area contributed by atoms with Gasteiger partial charge < -0.3 is 5.32 Å². The first-order chi connectivity index (χ1) is 11.0. The highest BCUT2D eigenvalue weighted by atomic mass is 16.6. The molecule has 0 heterocycles. The van der Waals surface area contributed by atoms with Gasteiger partial charge in [0.15, 0.2) is 0 Å². The highest BCUT2D eigenvalue weighted by molar-refractivity contribution is 5.92. The predicted octanol–water partition coefficient (Wildman–Crippen LogP) is 4.29. The van der Waals surface area contributed by atoms with Crippen LogP contribution in [0.15, 0.2) is 48.5 Å². The molecule has 0 aliphatic heterocycles. The van der Waals surface area contributed by atoms with Crippen LogP contribution in [0.2, 0.25) is 0 Å². The Balaban J connectivity index is 2.04. The first-order valence-corrected chi connectivity index (χ1v) is 7.63. The molecule has 23 heavy (non-hydrogen) atoms. The van der Waals surface area contributed by atoms with E-state index in [2.05, 4.69) is 19.2 Å². The van der Waals surface area contributed by atoms with Crippen LogP contribution < -0.4 is 5.32 Å². The Hall–Kier alpha value is -2.69. The van der Waals surface area contributed by atoms with E-state index < -0.39 is 4.92 Å². The van der Waals surface area contributed by atoms with Crippen LogP contribution in [-0.4, -0.2) is 10.8 Å². The van der Waals surface area contributed by atoms with Crippen molar-refractivity contribution in [2.45, 2.75) is 32.6 Å². The molecule has 0 radical (unpaired) electrons. The second-order valence-corrected chi connectivity index (χ2v) is 5.54. The van der Waals surface area contributed by atoms with E-state index in [0.29, 0.717) is 17.2 Å². The molecule has 0 aromatic heterocycles. The summed E-state index contributed by atoms with van der Waals surface area (Å²) < 4.78 is 0. The maximum atomic E-state index is 12.1. The number of rotatable bonds is 6. The van der Waals surface area contributed by atoms with Gasteiger partial charge in [0.1, 0.15) is 0 Å². The lowest BCUT2D eigenvalue weighted by Gasteiger charge is -2.10. The van der Waals surface area contributed by atoms with Crippen LogP contribution in [0.25, 0.3) is 0 Å². The predicted molar refractivity (Wildman–Crippen MR) is 90.6 cm³/mol. The number of para-hydroxylation sites is 1. The van der Waals surface area contributed by atoms with E-state index in [4.69, 9.17) is 0 Å². The van der Waals surface area contributed by atoms with Gasteiger partial charge >= 0.3 is 0 Å². The zero-order valence-electron chi connectivity index (χ0n) is 13.3. The number of nitrogens with zero attached hydrogens (tertiary/aromatic N) is 1. The van der Waals surface area contributed by atoms with Crippen LogP contribution in [0.4, 0.5) is 11.4 Å². The molecule has 2 aromatic carbocycles. The molecule has 0 unspecified atom stereocenters. The summed E-state index contributed by atoms with van der Waals surface area (Å²) in [6.07, 6.45) is 1.04. The summed E-state index contributed by atoms with van der Waals surface area (Å²) in [7, 11) is 0. The van der Waals surface area contributed by atoms with Crippen LogP contribution in [0.5, 0.6) is 0 Å². The summed E-state index contributed by atoms with van der Waals surface area (Å²) >= 11 is 0. The molecule has 0 spiro atoms. The summed E-state index contributed by atoms with van der Waals surface area (Å²) in [6.45, 7) is 4.29. The molecule has 0 bridgehead atoms. The fraction of sp³-hybridized carbons (Fsp3) is 0.278. The van der Waals surface area contributed by atoms with Crippen molar-refractivity contribution in [2.75, 3.05) is 5.32 Å². The van der Waals surface area contributed by atoms with Gasteiger partial charge in [-0.2, -0.15) is 0 Å². The summed E-state index contributed by atoms with van der Waals surface area (Å²) in [5.41, 5.74) is 2.30. The summed E-state index contributed by atoms with van der Waals surface area (Å²) in [6, 6.07) is 14.0. The smallest absolute Gasteiger partial charge is 0.273 e. The monoisotopic (exact) mass is 312 g/mol. The van der Waals surface area contributed by atoms with Gasteiger partial charge in [-0.25, -0.2) is 0 Å². The molecule has 1 atom stereocenters. The summed E-state index contributed by atoms with van der Waals surface area (Å²) in [4.78, 5) is 22.6. The maximum absolute atomic E-state index is 12.1. The average molecular weight is 312 g/mol. The Morgan fingerprint density at radius 3 is 2.43 bits per heavy atom. The molecule has 2 aromatic rings. The average Bonchev–Trinajstić information content (AvgIpc) is 2.55. The minimum atomic E-state index is -0.469. The lowest BCUT2D eigenvalue weighted by Crippen LogP contribution is -2.15. The van der Waals surface area contributed by atoms with Crippen LogP contribution in [0.1, 0.15) is 37.3 Å². The Labute approximate surface area is 135 Å². The van der Waals surface area contributed by atoms with E-state index in [0.717, 1.165) is 6.42 Å². The molecule has 0 saturated carbocycles. The third kappa shape index (κ3) is 4.39. The molecule has 0 aliphatic carbocycles. The van der Waals surface area contributed by atoms with Crippen LogP contribution in [-0.2, 0) is 11.2 Å². The third-order valence-corrected chi connectivity index (χ3v) is 3.92. The van der Waals surface area contributed by atoms with E-state index in [1.807, 2.05) is 24.3 Å². The molecule has 5 nitrogen and oxygen atoms in total. The Morgan fingerprint density at radius 2 is 1.83 bits per heavy atom. The Bertz CT molecular complexity index is 696. The molecule has 2 rings (SSSR count). The van der Waals surface area contributed by atoms with Crippen molar-refractivity contribution in [2.24, 2.45) is 0 Å². The van der Waals surface area contributed by atoms with Crippen molar-refractivity contribution in [1.82, 2.24) is 0 Å². The van der Waals surface area contributed by atoms with Gasteiger partial charge in [0.05, 0.1) is 11.3 Å². The minimum Gasteiger partial charge on any atom is -0.326 e. The standard InChI is InChI=1S/C18H20N2O3/c1-3-13(2)14-8-10-16(11-9-14)19-18(21)12-15-6-4-5-7-17(15)20(22)23/h4-11,13H,3,12H2,1-2H3,(H,19,21)/t13-/m1/s1. The Kier molecular flexibility index (Phi) is 5.46.